The SMILES string of the molecule is O[C@H]1[C@H](Oc2ccccc2)CCC[C@@H]1N1CCOCC1. The number of morpholine rings is 1. The van der Waals surface area contributed by atoms with E-state index in [4.69, 9.17) is 9.47 Å². The Morgan fingerprint density at radius 1 is 1.10 bits per heavy atom. The molecule has 2 aliphatic rings. The molecule has 1 saturated carbocycles. The minimum Gasteiger partial charge on any atom is -0.488 e. The lowest BCUT2D eigenvalue weighted by Crippen LogP contribution is -2.55. The van der Waals surface area contributed by atoms with E-state index in [9.17, 15) is 5.11 Å². The zero-order valence-electron chi connectivity index (χ0n) is 11.8. The van der Waals surface area contributed by atoms with Crippen molar-refractivity contribution in [2.75, 3.05) is 26.3 Å². The predicted octanol–water partition coefficient (Wildman–Crippen LogP) is 1.68. The van der Waals surface area contributed by atoms with Crippen LogP contribution in [0.25, 0.3) is 0 Å². The summed E-state index contributed by atoms with van der Waals surface area (Å²) in [5.41, 5.74) is 0. The molecule has 1 aliphatic heterocycles. The molecule has 3 atom stereocenters. The van der Waals surface area contributed by atoms with Gasteiger partial charge >= 0.3 is 0 Å². The van der Waals surface area contributed by atoms with Gasteiger partial charge in [0.05, 0.1) is 13.2 Å². The number of rotatable bonds is 3. The zero-order chi connectivity index (χ0) is 13.8. The lowest BCUT2D eigenvalue weighted by Gasteiger charge is -2.42. The number of nitrogens with zero attached hydrogens (tertiary/aromatic N) is 1. The summed E-state index contributed by atoms with van der Waals surface area (Å²) in [7, 11) is 0. The standard InChI is InChI=1S/C16H23NO3/c18-16-14(17-9-11-19-12-10-17)7-4-8-15(16)20-13-5-2-1-3-6-13/h1-3,5-6,14-16,18H,4,7-12H2/t14-,15+,16+/m0/s1. The molecule has 1 aliphatic carbocycles. The summed E-state index contributed by atoms with van der Waals surface area (Å²) >= 11 is 0. The highest BCUT2D eigenvalue weighted by Gasteiger charge is 2.37. The van der Waals surface area contributed by atoms with Crippen LogP contribution in [0.15, 0.2) is 30.3 Å². The summed E-state index contributed by atoms with van der Waals surface area (Å²) in [5, 5.41) is 10.6. The first-order valence-electron chi connectivity index (χ1n) is 7.56. The lowest BCUT2D eigenvalue weighted by atomic mass is 9.88. The minimum absolute atomic E-state index is 0.0982. The van der Waals surface area contributed by atoms with Crippen LogP contribution in [0.4, 0.5) is 0 Å². The van der Waals surface area contributed by atoms with E-state index < -0.39 is 6.10 Å². The highest BCUT2D eigenvalue weighted by Crippen LogP contribution is 2.27. The molecule has 0 bridgehead atoms. The third kappa shape index (κ3) is 3.14. The smallest absolute Gasteiger partial charge is 0.126 e. The molecule has 0 spiro atoms. The van der Waals surface area contributed by atoms with E-state index in [1.165, 1.54) is 0 Å². The first-order chi connectivity index (χ1) is 9.84. The molecule has 4 heteroatoms. The van der Waals surface area contributed by atoms with Crippen molar-refractivity contribution in [3.8, 4) is 5.75 Å². The molecular weight excluding hydrogens is 254 g/mol. The molecule has 1 saturated heterocycles. The summed E-state index contributed by atoms with van der Waals surface area (Å²) in [5.74, 6) is 0.846. The highest BCUT2D eigenvalue weighted by atomic mass is 16.5. The number of aliphatic hydroxyl groups excluding tert-OH is 1. The van der Waals surface area contributed by atoms with Crippen molar-refractivity contribution in [1.82, 2.24) is 4.90 Å². The van der Waals surface area contributed by atoms with Crippen LogP contribution in [0.3, 0.4) is 0 Å². The van der Waals surface area contributed by atoms with E-state index in [1.54, 1.807) is 0 Å². The van der Waals surface area contributed by atoms with Gasteiger partial charge in [-0.05, 0) is 31.4 Å². The summed E-state index contributed by atoms with van der Waals surface area (Å²) in [4.78, 5) is 2.36. The van der Waals surface area contributed by atoms with Crippen LogP contribution >= 0.6 is 0 Å². The maximum atomic E-state index is 10.6. The molecule has 0 aromatic heterocycles. The Labute approximate surface area is 120 Å². The molecule has 1 heterocycles. The topological polar surface area (TPSA) is 41.9 Å². The fourth-order valence-electron chi connectivity index (χ4n) is 3.23. The van der Waals surface area contributed by atoms with E-state index in [2.05, 4.69) is 4.90 Å². The van der Waals surface area contributed by atoms with Crippen LogP contribution in [0.2, 0.25) is 0 Å². The summed E-state index contributed by atoms with van der Waals surface area (Å²) in [6, 6.07) is 10.0. The largest absolute Gasteiger partial charge is 0.488 e. The Kier molecular flexibility index (Phi) is 4.55. The van der Waals surface area contributed by atoms with Gasteiger partial charge in [0.15, 0.2) is 0 Å². The second-order valence-corrected chi connectivity index (χ2v) is 5.61. The fraction of sp³-hybridized carbons (Fsp3) is 0.625. The van der Waals surface area contributed by atoms with E-state index >= 15 is 0 Å². The summed E-state index contributed by atoms with van der Waals surface area (Å²) < 4.78 is 11.4. The first-order valence-corrected chi connectivity index (χ1v) is 7.56. The average Bonchev–Trinajstić information content (AvgIpc) is 2.51. The molecule has 0 radical (unpaired) electrons. The maximum absolute atomic E-state index is 10.6. The van der Waals surface area contributed by atoms with Gasteiger partial charge in [0, 0.05) is 19.1 Å². The number of aliphatic hydroxyl groups is 1. The summed E-state index contributed by atoms with van der Waals surface area (Å²) in [6.07, 6.45) is 2.57. The van der Waals surface area contributed by atoms with Gasteiger partial charge in [-0.15, -0.1) is 0 Å². The van der Waals surface area contributed by atoms with Gasteiger partial charge < -0.3 is 14.6 Å². The Bertz CT molecular complexity index is 405. The molecule has 20 heavy (non-hydrogen) atoms. The molecular formula is C16H23NO3. The van der Waals surface area contributed by atoms with Gasteiger partial charge in [-0.3, -0.25) is 4.90 Å². The van der Waals surface area contributed by atoms with Gasteiger partial charge in [0.2, 0.25) is 0 Å². The highest BCUT2D eigenvalue weighted by molar-refractivity contribution is 5.21. The van der Waals surface area contributed by atoms with Crippen molar-refractivity contribution in [1.29, 1.82) is 0 Å². The third-order valence-corrected chi connectivity index (χ3v) is 4.31. The number of hydrogen-bond acceptors (Lipinski definition) is 4. The molecule has 1 N–H and O–H groups in total. The Morgan fingerprint density at radius 2 is 1.85 bits per heavy atom. The quantitative estimate of drug-likeness (QED) is 0.913. The Balaban J connectivity index is 1.63. The second kappa shape index (κ2) is 6.57. The van der Waals surface area contributed by atoms with E-state index in [0.29, 0.717) is 0 Å². The molecule has 0 amide bonds. The van der Waals surface area contributed by atoms with E-state index in [-0.39, 0.29) is 12.1 Å². The van der Waals surface area contributed by atoms with E-state index in [0.717, 1.165) is 51.3 Å². The fourth-order valence-corrected chi connectivity index (χ4v) is 3.23. The van der Waals surface area contributed by atoms with Gasteiger partial charge in [0.25, 0.3) is 0 Å². The molecule has 4 nitrogen and oxygen atoms in total. The zero-order valence-corrected chi connectivity index (χ0v) is 11.8. The monoisotopic (exact) mass is 277 g/mol. The lowest BCUT2D eigenvalue weighted by molar-refractivity contribution is -0.0775. The van der Waals surface area contributed by atoms with Crippen molar-refractivity contribution in [2.45, 2.75) is 37.5 Å². The van der Waals surface area contributed by atoms with Crippen LogP contribution < -0.4 is 4.74 Å². The number of hydrogen-bond donors (Lipinski definition) is 1. The normalized spacial score (nSPS) is 31.9. The molecule has 110 valence electrons. The van der Waals surface area contributed by atoms with Crippen molar-refractivity contribution in [2.24, 2.45) is 0 Å². The summed E-state index contributed by atoms with van der Waals surface area (Å²) in [6.45, 7) is 3.38. The molecule has 3 rings (SSSR count). The molecule has 1 aromatic rings. The minimum atomic E-state index is -0.415. The molecule has 1 aromatic carbocycles. The average molecular weight is 277 g/mol. The van der Waals surface area contributed by atoms with Crippen molar-refractivity contribution in [3.05, 3.63) is 30.3 Å². The van der Waals surface area contributed by atoms with Crippen LogP contribution in [-0.2, 0) is 4.74 Å². The van der Waals surface area contributed by atoms with Gasteiger partial charge in [0.1, 0.15) is 18.0 Å². The van der Waals surface area contributed by atoms with E-state index in [1.807, 2.05) is 30.3 Å². The first kappa shape index (κ1) is 13.9. The van der Waals surface area contributed by atoms with Crippen molar-refractivity contribution >= 4 is 0 Å². The van der Waals surface area contributed by atoms with Crippen LogP contribution in [-0.4, -0.2) is 54.6 Å². The number of ether oxygens (including phenoxy) is 2. The van der Waals surface area contributed by atoms with Crippen LogP contribution in [0, 0.1) is 0 Å². The Morgan fingerprint density at radius 3 is 2.60 bits per heavy atom. The van der Waals surface area contributed by atoms with Gasteiger partial charge in [-0.1, -0.05) is 18.2 Å². The number of para-hydroxylation sites is 1. The maximum Gasteiger partial charge on any atom is 0.126 e. The van der Waals surface area contributed by atoms with Crippen molar-refractivity contribution < 1.29 is 14.6 Å². The van der Waals surface area contributed by atoms with Crippen LogP contribution in [0.5, 0.6) is 5.75 Å². The molecule has 0 unspecified atom stereocenters. The van der Waals surface area contributed by atoms with Crippen LogP contribution in [0.1, 0.15) is 19.3 Å². The van der Waals surface area contributed by atoms with Gasteiger partial charge in [-0.2, -0.15) is 0 Å². The third-order valence-electron chi connectivity index (χ3n) is 4.31. The van der Waals surface area contributed by atoms with Crippen molar-refractivity contribution in [3.63, 3.8) is 0 Å². The number of benzene rings is 1. The second-order valence-electron chi connectivity index (χ2n) is 5.61. The predicted molar refractivity (Wildman–Crippen MR) is 76.9 cm³/mol. The van der Waals surface area contributed by atoms with Gasteiger partial charge in [-0.25, -0.2) is 0 Å². The Hall–Kier alpha value is -1.10. The molecule has 2 fully saturated rings.